The van der Waals surface area contributed by atoms with Crippen LogP contribution in [0.5, 0.6) is 0 Å². The van der Waals surface area contributed by atoms with Gasteiger partial charge in [0.2, 0.25) is 0 Å². The van der Waals surface area contributed by atoms with Crippen molar-refractivity contribution in [2.75, 3.05) is 0 Å². The molecular weight excluding hydrogens is 1750 g/mol. The summed E-state index contributed by atoms with van der Waals surface area (Å²) in [5, 5.41) is 20.6. The summed E-state index contributed by atoms with van der Waals surface area (Å²) in [7, 11) is 0. The van der Waals surface area contributed by atoms with Gasteiger partial charge in [0.25, 0.3) is 0 Å². The molecule has 0 saturated heterocycles. The number of nitrogens with zero attached hydrogens (tertiary/aromatic N) is 8. The van der Waals surface area contributed by atoms with Crippen LogP contribution in [-0.4, -0.2) is 36.5 Å². The molecule has 30 rings (SSSR count). The summed E-state index contributed by atoms with van der Waals surface area (Å²) >= 11 is 0. The van der Waals surface area contributed by atoms with E-state index in [1.807, 2.05) is 0 Å². The Bertz CT molecular complexity index is 10300. The van der Waals surface area contributed by atoms with Crippen molar-refractivity contribution in [1.82, 2.24) is 36.5 Å². The first-order valence-corrected chi connectivity index (χ1v) is 49.7. The smallest absolute Gasteiger partial charge is 0.0788 e. The Morgan fingerprint density at radius 2 is 0.319 bits per heavy atom. The zero-order chi connectivity index (χ0) is 95.7. The van der Waals surface area contributed by atoms with E-state index in [4.69, 9.17) is 0 Å². The van der Waals surface area contributed by atoms with Crippen molar-refractivity contribution in [1.29, 1.82) is 0 Å². The van der Waals surface area contributed by atoms with Gasteiger partial charge in [-0.3, -0.25) is 0 Å². The number of benzene rings is 22. The maximum absolute atomic E-state index is 2.45. The average Bonchev–Trinajstić information content (AvgIpc) is 1.56. The monoisotopic (exact) mass is 1840 g/mol. The second-order valence-corrected chi connectivity index (χ2v) is 38.1. The van der Waals surface area contributed by atoms with Gasteiger partial charge < -0.3 is 36.5 Å². The average molecular weight is 1840 g/mol. The molecule has 144 heavy (non-hydrogen) atoms. The summed E-state index contributed by atoms with van der Waals surface area (Å²) in [6, 6.07) is 184. The zero-order valence-corrected chi connectivity index (χ0v) is 80.1. The van der Waals surface area contributed by atoms with E-state index in [9.17, 15) is 0 Å². The highest BCUT2D eigenvalue weighted by molar-refractivity contribution is 6.32. The largest absolute Gasteiger partial charge is 0.309 e. The van der Waals surface area contributed by atoms with Crippen LogP contribution in [0.3, 0.4) is 0 Å². The van der Waals surface area contributed by atoms with E-state index in [1.165, 1.54) is 264 Å². The molecule has 0 unspecified atom stereocenters. The number of para-hydroxylation sites is 10. The first-order valence-electron chi connectivity index (χ1n) is 49.7. The van der Waals surface area contributed by atoms with E-state index < -0.39 is 0 Å². The predicted molar refractivity (Wildman–Crippen MR) is 610 cm³/mol. The molecule has 0 bridgehead atoms. The molecule has 0 spiro atoms. The Morgan fingerprint density at radius 3 is 0.674 bits per heavy atom. The van der Waals surface area contributed by atoms with Crippen LogP contribution >= 0.6 is 0 Å². The highest BCUT2D eigenvalue weighted by Gasteiger charge is 2.28. The quantitative estimate of drug-likeness (QED) is 0.131. The molecule has 0 saturated carbocycles. The Hall–Kier alpha value is -18.8. The molecule has 0 N–H and O–H groups in total. The first-order chi connectivity index (χ1) is 71.2. The zero-order valence-electron chi connectivity index (χ0n) is 80.1. The molecule has 0 fully saturated rings. The number of hydrogen-bond donors (Lipinski definition) is 0. The Morgan fingerprint density at radius 1 is 0.111 bits per heavy atom. The third-order valence-electron chi connectivity index (χ3n) is 29.4. The lowest BCUT2D eigenvalue weighted by molar-refractivity contribution is 1.14. The fraction of sp³-hybridized carbons (Fsp3) is 0.0294. The molecule has 8 aromatic heterocycles. The van der Waals surface area contributed by atoms with E-state index >= 15 is 0 Å². The molecule has 8 nitrogen and oxygen atoms in total. The van der Waals surface area contributed by atoms with Crippen LogP contribution in [0, 0.1) is 27.7 Å². The highest BCUT2D eigenvalue weighted by Crippen LogP contribution is 2.49. The van der Waals surface area contributed by atoms with E-state index in [2.05, 4.69) is 574 Å². The minimum atomic E-state index is 1.17. The third-order valence-corrected chi connectivity index (χ3v) is 29.4. The number of hydrogen-bond acceptors (Lipinski definition) is 0. The summed E-state index contributed by atoms with van der Waals surface area (Å²) < 4.78 is 19.4. The first kappa shape index (κ1) is 84.5. The summed E-state index contributed by atoms with van der Waals surface area (Å²) in [6.45, 7) is 8.64. The van der Waals surface area contributed by atoms with Gasteiger partial charge in [-0.1, -0.05) is 334 Å². The van der Waals surface area contributed by atoms with Gasteiger partial charge in [0.1, 0.15) is 0 Å². The number of rotatable bonds is 10. The number of aromatic nitrogens is 8. The predicted octanol–water partition coefficient (Wildman–Crippen LogP) is 36.1. The topological polar surface area (TPSA) is 39.4 Å². The molecule has 0 aliphatic rings. The Balaban J connectivity index is 0.0000000959. The second kappa shape index (κ2) is 34.7. The van der Waals surface area contributed by atoms with Crippen molar-refractivity contribution >= 4 is 174 Å². The van der Waals surface area contributed by atoms with Crippen LogP contribution in [0.2, 0.25) is 0 Å². The summed E-state index contributed by atoms with van der Waals surface area (Å²) in [5.41, 5.74) is 39.2. The molecule has 8 heteroatoms. The molecule has 0 atom stereocenters. The standard InChI is InChI=1S/2C37H26N2.2C31H22N2/c1-25-11-9-15-28(23-25)38-32-19-7-5-17-30(32)36-34(38)21-22-35-37(36)31-18-6-8-20-33(31)39(35)29-16-10-14-27(24-29)26-12-3-2-4-13-26;1-25-10-9-13-29(24-25)39-33-17-8-6-15-31(33)37-35(39)23-22-34-36(37)30-14-5-7-16-32(30)38(34)28-20-18-27(19-21-28)26-11-3-2-4-12-26;1-21-10-9-13-23(20-21)33-27-16-7-5-14-24(27)25-18-19-29-30(31(25)33)26-15-6-8-17-28(26)32(29)22-11-3-2-4-12-22;1-21-10-9-13-23(20-21)33-29-17-8-6-15-25(29)27-19-18-26-24-14-5-7-16-28(24)32(30(26)31(27)33)22-11-3-2-4-12-22/h2*2-24H,1H3;2*2-20H,1H3. The van der Waals surface area contributed by atoms with Crippen molar-refractivity contribution in [2.45, 2.75) is 27.7 Å². The lowest BCUT2D eigenvalue weighted by Crippen LogP contribution is -1.98. The molecule has 0 amide bonds. The van der Waals surface area contributed by atoms with Gasteiger partial charge in [-0.25, -0.2) is 0 Å². The Labute approximate surface area is 832 Å². The van der Waals surface area contributed by atoms with Crippen molar-refractivity contribution in [2.24, 2.45) is 0 Å². The van der Waals surface area contributed by atoms with Crippen LogP contribution in [0.15, 0.2) is 510 Å². The van der Waals surface area contributed by atoms with Crippen LogP contribution in [-0.2, 0) is 0 Å². The minimum Gasteiger partial charge on any atom is -0.309 e. The number of aryl methyl sites for hydroxylation is 4. The molecule has 0 radical (unpaired) electrons. The molecule has 0 aliphatic heterocycles. The molecule has 0 aliphatic carbocycles. The van der Waals surface area contributed by atoms with Crippen LogP contribution < -0.4 is 0 Å². The van der Waals surface area contributed by atoms with Gasteiger partial charge in [-0.05, 0) is 248 Å². The van der Waals surface area contributed by atoms with Crippen molar-refractivity contribution in [3.05, 3.63) is 532 Å². The van der Waals surface area contributed by atoms with Crippen LogP contribution in [0.1, 0.15) is 22.3 Å². The van der Waals surface area contributed by atoms with E-state index in [0.29, 0.717) is 0 Å². The van der Waals surface area contributed by atoms with E-state index in [0.717, 1.165) is 0 Å². The Kier molecular flexibility index (Phi) is 20.4. The summed E-state index contributed by atoms with van der Waals surface area (Å²) in [4.78, 5) is 0. The summed E-state index contributed by atoms with van der Waals surface area (Å²) in [5.74, 6) is 0. The minimum absolute atomic E-state index is 1.17. The van der Waals surface area contributed by atoms with Gasteiger partial charge in [0.05, 0.1) is 88.3 Å². The molecular formula is C136H96N8. The van der Waals surface area contributed by atoms with Crippen LogP contribution in [0.4, 0.5) is 0 Å². The fourth-order valence-corrected chi connectivity index (χ4v) is 23.4. The van der Waals surface area contributed by atoms with E-state index in [1.54, 1.807) is 0 Å². The van der Waals surface area contributed by atoms with Crippen LogP contribution in [0.25, 0.3) is 242 Å². The third kappa shape index (κ3) is 13.8. The normalized spacial score (nSPS) is 11.8. The van der Waals surface area contributed by atoms with Gasteiger partial charge in [0, 0.05) is 132 Å². The van der Waals surface area contributed by atoms with E-state index in [-0.39, 0.29) is 0 Å². The maximum Gasteiger partial charge on any atom is 0.0788 e. The second-order valence-electron chi connectivity index (χ2n) is 38.1. The molecule has 680 valence electrons. The maximum atomic E-state index is 2.45. The van der Waals surface area contributed by atoms with Gasteiger partial charge in [-0.2, -0.15) is 0 Å². The summed E-state index contributed by atoms with van der Waals surface area (Å²) in [6.07, 6.45) is 0. The number of fused-ring (bicyclic) bond motifs is 28. The molecule has 30 aromatic rings. The van der Waals surface area contributed by atoms with Crippen molar-refractivity contribution in [3.8, 4) is 67.8 Å². The lowest BCUT2D eigenvalue weighted by atomic mass is 10.0. The highest BCUT2D eigenvalue weighted by atomic mass is 15.1. The van der Waals surface area contributed by atoms with Gasteiger partial charge in [0.15, 0.2) is 0 Å². The lowest BCUT2D eigenvalue weighted by Gasteiger charge is -2.12. The molecule has 22 aromatic carbocycles. The SMILES string of the molecule is Cc1cccc(-n2c3ccccc3c3c4c5ccccc5n(-c5ccc(-c6ccccc6)cc5)c4ccc32)c1.Cc1cccc(-n2c3ccccc3c3c4c5ccccc5n(-c5cccc(-c6ccccc6)c5)c4ccc32)c1.Cc1cccc(-n2c3ccccc3c3ccc4c(c5ccccc5n4-c4ccccc4)c32)c1.Cc1cccc(-n2c3ccccc3c3ccc4c5ccccc5n(-c5ccccc5)c4c32)c1. The van der Waals surface area contributed by atoms with Gasteiger partial charge in [-0.15, -0.1) is 0 Å². The fourth-order valence-electron chi connectivity index (χ4n) is 23.4. The van der Waals surface area contributed by atoms with Crippen molar-refractivity contribution in [3.63, 3.8) is 0 Å². The van der Waals surface area contributed by atoms with Crippen molar-refractivity contribution < 1.29 is 0 Å². The van der Waals surface area contributed by atoms with Gasteiger partial charge >= 0.3 is 0 Å². The molecule has 8 heterocycles.